The van der Waals surface area contributed by atoms with Crippen LogP contribution in [0, 0.1) is 0 Å². The molecule has 1 aliphatic heterocycles. The summed E-state index contributed by atoms with van der Waals surface area (Å²) in [6, 6.07) is 8.17. The number of carbonyl (C=O) groups is 1. The molecule has 36 heavy (non-hydrogen) atoms. The Hall–Kier alpha value is -4.41. The van der Waals surface area contributed by atoms with Gasteiger partial charge in [-0.3, -0.25) is 4.79 Å². The van der Waals surface area contributed by atoms with Gasteiger partial charge >= 0.3 is 6.18 Å². The number of halogens is 3. The summed E-state index contributed by atoms with van der Waals surface area (Å²) in [6.45, 7) is 1.48. The van der Waals surface area contributed by atoms with E-state index in [0.717, 1.165) is 36.1 Å². The molecule has 1 aromatic carbocycles. The second-order valence-corrected chi connectivity index (χ2v) is 8.74. The van der Waals surface area contributed by atoms with Crippen LogP contribution < -0.4 is 4.90 Å². The maximum Gasteiger partial charge on any atom is 0.417 e. The minimum atomic E-state index is -4.62. The van der Waals surface area contributed by atoms with Gasteiger partial charge in [-0.25, -0.2) is 15.0 Å². The number of ketones is 1. The Morgan fingerprint density at radius 1 is 1.14 bits per heavy atom. The zero-order valence-electron chi connectivity index (χ0n) is 19.1. The molecule has 0 amide bonds. The van der Waals surface area contributed by atoms with Crippen LogP contribution in [0.3, 0.4) is 0 Å². The summed E-state index contributed by atoms with van der Waals surface area (Å²) in [5.41, 5.74) is 2.89. The number of anilines is 1. The van der Waals surface area contributed by atoms with Gasteiger partial charge in [-0.1, -0.05) is 18.2 Å². The second kappa shape index (κ2) is 8.08. The predicted molar refractivity (Wildman–Crippen MR) is 127 cm³/mol. The first-order chi connectivity index (χ1) is 17.3. The molecule has 0 fully saturated rings. The van der Waals surface area contributed by atoms with Crippen molar-refractivity contribution in [3.63, 3.8) is 0 Å². The fourth-order valence-corrected chi connectivity index (χ4v) is 4.60. The molecule has 0 aliphatic carbocycles. The number of H-pyrrole nitrogens is 2. The lowest BCUT2D eigenvalue weighted by Gasteiger charge is -2.27. The minimum absolute atomic E-state index is 0.112. The first kappa shape index (κ1) is 22.1. The van der Waals surface area contributed by atoms with E-state index < -0.39 is 23.1 Å². The molecule has 0 bridgehead atoms. The van der Waals surface area contributed by atoms with Gasteiger partial charge in [0.15, 0.2) is 11.6 Å². The Labute approximate surface area is 202 Å². The molecule has 0 spiro atoms. The zero-order chi connectivity index (χ0) is 25.0. The average Bonchev–Trinajstić information content (AvgIpc) is 3.61. The van der Waals surface area contributed by atoms with E-state index in [1.807, 2.05) is 24.0 Å². The number of imidazole rings is 2. The largest absolute Gasteiger partial charge is 0.417 e. The molecule has 0 unspecified atom stereocenters. The third kappa shape index (κ3) is 3.72. The number of nitrogens with one attached hydrogen (secondary N) is 2. The lowest BCUT2D eigenvalue weighted by Crippen LogP contribution is -2.31. The molecule has 0 atom stereocenters. The number of hydrogen-bond acceptors (Lipinski definition) is 5. The highest BCUT2D eigenvalue weighted by atomic mass is 19.4. The molecule has 8 nitrogen and oxygen atoms in total. The number of aryl methyl sites for hydroxylation is 1. The number of aromatic amines is 2. The van der Waals surface area contributed by atoms with Crippen molar-refractivity contribution in [2.24, 2.45) is 7.05 Å². The molecule has 0 saturated carbocycles. The van der Waals surface area contributed by atoms with E-state index in [9.17, 15) is 18.0 Å². The predicted octanol–water partition coefficient (Wildman–Crippen LogP) is 4.50. The fraction of sp³-hybridized carbons (Fsp3) is 0.200. The Bertz CT molecular complexity index is 1610. The Morgan fingerprint density at radius 2 is 1.97 bits per heavy atom. The summed E-state index contributed by atoms with van der Waals surface area (Å²) < 4.78 is 42.1. The molecule has 0 saturated heterocycles. The number of hydrogen-bond donors (Lipinski definition) is 2. The van der Waals surface area contributed by atoms with Crippen LogP contribution in [0.2, 0.25) is 0 Å². The molecule has 1 aliphatic rings. The van der Waals surface area contributed by atoms with Crippen LogP contribution in [-0.2, 0) is 26.2 Å². The maximum absolute atomic E-state index is 13.4. The normalized spacial score (nSPS) is 13.8. The monoisotopic (exact) mass is 491 g/mol. The van der Waals surface area contributed by atoms with Gasteiger partial charge in [-0.05, 0) is 12.1 Å². The summed E-state index contributed by atoms with van der Waals surface area (Å²) in [5.74, 6) is 0.530. The van der Waals surface area contributed by atoms with Gasteiger partial charge in [0.05, 0.1) is 41.5 Å². The highest BCUT2D eigenvalue weighted by molar-refractivity contribution is 6.10. The van der Waals surface area contributed by atoms with E-state index >= 15 is 0 Å². The zero-order valence-corrected chi connectivity index (χ0v) is 19.1. The van der Waals surface area contributed by atoms with Crippen molar-refractivity contribution >= 4 is 22.6 Å². The summed E-state index contributed by atoms with van der Waals surface area (Å²) in [5, 5.41) is 0. The molecule has 6 rings (SSSR count). The van der Waals surface area contributed by atoms with Gasteiger partial charge in [-0.2, -0.15) is 13.2 Å². The highest BCUT2D eigenvalue weighted by Gasteiger charge is 2.35. The smallest absolute Gasteiger partial charge is 0.358 e. The van der Waals surface area contributed by atoms with Crippen molar-refractivity contribution in [1.29, 1.82) is 0 Å². The topological polar surface area (TPSA) is 95.5 Å². The van der Waals surface area contributed by atoms with E-state index in [4.69, 9.17) is 0 Å². The van der Waals surface area contributed by atoms with E-state index in [0.29, 0.717) is 23.6 Å². The van der Waals surface area contributed by atoms with E-state index in [2.05, 4.69) is 29.8 Å². The van der Waals surface area contributed by atoms with Crippen molar-refractivity contribution < 1.29 is 18.0 Å². The van der Waals surface area contributed by atoms with Crippen molar-refractivity contribution in [3.8, 4) is 11.5 Å². The Balaban J connectivity index is 1.27. The van der Waals surface area contributed by atoms with Crippen LogP contribution in [0.15, 0.2) is 55.1 Å². The maximum atomic E-state index is 13.4. The number of aromatic nitrogens is 6. The average molecular weight is 491 g/mol. The number of nitrogens with zero attached hydrogens (tertiary/aromatic N) is 5. The van der Waals surface area contributed by atoms with Gasteiger partial charge in [0.2, 0.25) is 0 Å². The van der Waals surface area contributed by atoms with Gasteiger partial charge in [0.1, 0.15) is 11.3 Å². The number of pyridine rings is 1. The Morgan fingerprint density at radius 3 is 2.81 bits per heavy atom. The van der Waals surface area contributed by atoms with Crippen LogP contribution in [0.5, 0.6) is 0 Å². The Kier molecular flexibility index (Phi) is 4.95. The third-order valence-corrected chi connectivity index (χ3v) is 6.46. The SMILES string of the molecule is Cn1cnc2c1CCN(c1cc3[nH]c(-c4cc(C(=O)c5ccccc5C(F)(F)F)c[nH]4)nc3cn1)C2. The van der Waals surface area contributed by atoms with Gasteiger partial charge in [-0.15, -0.1) is 0 Å². The van der Waals surface area contributed by atoms with Crippen LogP contribution >= 0.6 is 0 Å². The van der Waals surface area contributed by atoms with Crippen LogP contribution in [0.4, 0.5) is 19.0 Å². The molecular weight excluding hydrogens is 471 g/mol. The molecule has 11 heteroatoms. The summed E-state index contributed by atoms with van der Waals surface area (Å²) >= 11 is 0. The number of benzene rings is 1. The first-order valence-electron chi connectivity index (χ1n) is 11.3. The summed E-state index contributed by atoms with van der Waals surface area (Å²) in [6.07, 6.45) is 1.13. The lowest BCUT2D eigenvalue weighted by molar-refractivity contribution is -0.137. The van der Waals surface area contributed by atoms with Crippen LogP contribution in [-0.4, -0.2) is 41.8 Å². The number of carbonyl (C=O) groups excluding carboxylic acids is 1. The van der Waals surface area contributed by atoms with Gasteiger partial charge < -0.3 is 19.4 Å². The quantitative estimate of drug-likeness (QED) is 0.361. The van der Waals surface area contributed by atoms with Crippen LogP contribution in [0.1, 0.15) is 32.9 Å². The first-order valence-corrected chi connectivity index (χ1v) is 11.3. The third-order valence-electron chi connectivity index (χ3n) is 6.46. The van der Waals surface area contributed by atoms with Crippen molar-refractivity contribution in [3.05, 3.63) is 83.2 Å². The fourth-order valence-electron chi connectivity index (χ4n) is 4.60. The number of alkyl halides is 3. The molecule has 5 heterocycles. The second-order valence-electron chi connectivity index (χ2n) is 8.74. The molecule has 4 aromatic heterocycles. The number of rotatable bonds is 4. The van der Waals surface area contributed by atoms with Gasteiger partial charge in [0, 0.05) is 49.1 Å². The standard InChI is InChI=1S/C25H20F3N7O/c1-34-13-31-20-12-35(7-6-21(20)34)22-9-17-19(11-30-22)33-24(32-17)18-8-14(10-29-18)23(36)15-4-2-3-5-16(15)25(26,27)28/h2-5,8-11,13,29H,6-7,12H2,1H3,(H,32,33). The van der Waals surface area contributed by atoms with Crippen LogP contribution in [0.25, 0.3) is 22.6 Å². The summed E-state index contributed by atoms with van der Waals surface area (Å²) in [4.78, 5) is 34.8. The molecule has 2 N–H and O–H groups in total. The highest BCUT2D eigenvalue weighted by Crippen LogP contribution is 2.33. The molecule has 5 aromatic rings. The minimum Gasteiger partial charge on any atom is -0.358 e. The van der Waals surface area contributed by atoms with E-state index in [1.54, 1.807) is 6.20 Å². The molecular formula is C25H20F3N7O. The van der Waals surface area contributed by atoms with Crippen molar-refractivity contribution in [2.45, 2.75) is 19.1 Å². The lowest BCUT2D eigenvalue weighted by atomic mass is 9.99. The van der Waals surface area contributed by atoms with E-state index in [1.165, 1.54) is 36.2 Å². The van der Waals surface area contributed by atoms with Gasteiger partial charge in [0.25, 0.3) is 0 Å². The van der Waals surface area contributed by atoms with Crippen molar-refractivity contribution in [1.82, 2.24) is 29.5 Å². The number of fused-ring (bicyclic) bond motifs is 2. The molecule has 0 radical (unpaired) electrons. The van der Waals surface area contributed by atoms with Crippen molar-refractivity contribution in [2.75, 3.05) is 11.4 Å². The van der Waals surface area contributed by atoms with E-state index in [-0.39, 0.29) is 5.56 Å². The summed E-state index contributed by atoms with van der Waals surface area (Å²) in [7, 11) is 1.99. The molecule has 182 valence electrons.